The molecule has 0 saturated heterocycles. The van der Waals surface area contributed by atoms with E-state index in [1.807, 2.05) is 0 Å². The van der Waals surface area contributed by atoms with E-state index in [1.165, 1.54) is 0 Å². The molecule has 0 amide bonds. The molecule has 88 valence electrons. The maximum atomic E-state index is 10.9. The van der Waals surface area contributed by atoms with Crippen LogP contribution in [-0.2, 0) is 19.3 Å². The molecule has 0 aliphatic heterocycles. The number of ether oxygens (including phenoxy) is 1. The Bertz CT molecular complexity index is 458. The molecule has 0 aliphatic carbocycles. The van der Waals surface area contributed by atoms with E-state index in [9.17, 15) is 13.2 Å². The van der Waals surface area contributed by atoms with Crippen LogP contribution in [0.1, 0.15) is 18.6 Å². The molecule has 1 aromatic carbocycles. The Morgan fingerprint density at radius 3 is 2.29 bits per heavy atom. The second-order valence-corrected chi connectivity index (χ2v) is 3.95. The third-order valence-corrected chi connectivity index (χ3v) is 2.06. The van der Waals surface area contributed by atoms with E-state index in [4.69, 9.17) is 4.55 Å². The Morgan fingerprint density at radius 2 is 1.82 bits per heavy atom. The van der Waals surface area contributed by atoms with Gasteiger partial charge in [-0.05, 0) is 12.5 Å². The van der Waals surface area contributed by atoms with Crippen LogP contribution >= 0.6 is 0 Å². The molecule has 6 nitrogen and oxygen atoms in total. The van der Waals surface area contributed by atoms with E-state index in [1.54, 1.807) is 37.3 Å². The maximum absolute atomic E-state index is 10.9. The number of benzene rings is 1. The standard InChI is InChI=1S/C9H10O6S.Na/c1-7(8-5-3-2-4-6-8)14-9(10)15-16(11,12)13;/h2-7H,1H3,(H,11,12,13);/q;+1. The Labute approximate surface area is 121 Å². The summed E-state index contributed by atoms with van der Waals surface area (Å²) in [5, 5.41) is 0. The van der Waals surface area contributed by atoms with Gasteiger partial charge in [-0.3, -0.25) is 8.74 Å². The number of hydrogen-bond acceptors (Lipinski definition) is 5. The molecule has 0 aliphatic rings. The van der Waals surface area contributed by atoms with Crippen molar-refractivity contribution in [3.63, 3.8) is 0 Å². The zero-order valence-electron chi connectivity index (χ0n) is 9.36. The van der Waals surface area contributed by atoms with Crippen molar-refractivity contribution in [1.82, 2.24) is 0 Å². The summed E-state index contributed by atoms with van der Waals surface area (Å²) < 4.78 is 36.8. The fourth-order valence-corrected chi connectivity index (χ4v) is 1.25. The molecule has 1 rings (SSSR count). The smallest absolute Gasteiger partial charge is 0.426 e. The summed E-state index contributed by atoms with van der Waals surface area (Å²) in [5.41, 5.74) is 0.676. The van der Waals surface area contributed by atoms with Gasteiger partial charge in [0.15, 0.2) is 0 Å². The summed E-state index contributed by atoms with van der Waals surface area (Å²) in [6.07, 6.45) is -2.14. The molecule has 0 aromatic heterocycles. The molecule has 0 heterocycles. The summed E-state index contributed by atoms with van der Waals surface area (Å²) in [6.45, 7) is 1.54. The molecular formula is C9H10NaO6S+. The minimum atomic E-state index is -4.83. The van der Waals surface area contributed by atoms with Gasteiger partial charge in [0.25, 0.3) is 0 Å². The molecule has 1 unspecified atom stereocenters. The zero-order valence-corrected chi connectivity index (χ0v) is 12.2. The van der Waals surface area contributed by atoms with Gasteiger partial charge in [-0.25, -0.2) is 4.79 Å². The summed E-state index contributed by atoms with van der Waals surface area (Å²) in [7, 11) is -4.83. The largest absolute Gasteiger partial charge is 1.00 e. The molecule has 1 aromatic rings. The van der Waals surface area contributed by atoms with Crippen LogP contribution in [0.3, 0.4) is 0 Å². The van der Waals surface area contributed by atoms with Gasteiger partial charge in [-0.1, -0.05) is 30.3 Å². The van der Waals surface area contributed by atoms with E-state index in [-0.39, 0.29) is 29.6 Å². The van der Waals surface area contributed by atoms with Crippen molar-refractivity contribution in [2.75, 3.05) is 0 Å². The predicted octanol–water partition coefficient (Wildman–Crippen LogP) is -1.29. The minimum Gasteiger partial charge on any atom is -0.426 e. The van der Waals surface area contributed by atoms with Crippen molar-refractivity contribution >= 4 is 16.6 Å². The van der Waals surface area contributed by atoms with E-state index in [0.29, 0.717) is 5.56 Å². The van der Waals surface area contributed by atoms with Crippen LogP contribution in [0.4, 0.5) is 4.79 Å². The van der Waals surface area contributed by atoms with Gasteiger partial charge in [0.2, 0.25) is 0 Å². The third-order valence-electron chi connectivity index (χ3n) is 1.72. The van der Waals surface area contributed by atoms with Crippen LogP contribution in [0.5, 0.6) is 0 Å². The average Bonchev–Trinajstić information content (AvgIpc) is 2.16. The minimum absolute atomic E-state index is 0. The Kier molecular flexibility index (Phi) is 6.73. The van der Waals surface area contributed by atoms with Crippen molar-refractivity contribution < 1.29 is 56.2 Å². The van der Waals surface area contributed by atoms with Crippen LogP contribution in [0.2, 0.25) is 0 Å². The van der Waals surface area contributed by atoms with E-state index >= 15 is 0 Å². The number of carbonyl (C=O) groups is 1. The molecule has 0 saturated carbocycles. The topological polar surface area (TPSA) is 89.9 Å². The van der Waals surface area contributed by atoms with Crippen molar-refractivity contribution in [2.45, 2.75) is 13.0 Å². The van der Waals surface area contributed by atoms with Gasteiger partial charge in [-0.15, -0.1) is 0 Å². The molecule has 0 fully saturated rings. The average molecular weight is 269 g/mol. The van der Waals surface area contributed by atoms with Gasteiger partial charge in [0.1, 0.15) is 6.10 Å². The molecular weight excluding hydrogens is 259 g/mol. The normalized spacial score (nSPS) is 12.1. The first-order valence-corrected chi connectivity index (χ1v) is 5.67. The van der Waals surface area contributed by atoms with Crippen LogP contribution in [0.25, 0.3) is 0 Å². The zero-order chi connectivity index (χ0) is 12.2. The summed E-state index contributed by atoms with van der Waals surface area (Å²) in [6, 6.07) is 8.66. The Hall–Kier alpha value is -0.600. The summed E-state index contributed by atoms with van der Waals surface area (Å²) in [5.74, 6) is 0. The number of rotatable bonds is 3. The van der Waals surface area contributed by atoms with Gasteiger partial charge in [-0.2, -0.15) is 8.42 Å². The summed E-state index contributed by atoms with van der Waals surface area (Å²) in [4.78, 5) is 10.9. The molecule has 0 bridgehead atoms. The van der Waals surface area contributed by atoms with Crippen LogP contribution in [-0.4, -0.2) is 19.1 Å². The molecule has 8 heteroatoms. The first kappa shape index (κ1) is 16.4. The van der Waals surface area contributed by atoms with Gasteiger partial charge < -0.3 is 4.74 Å². The number of hydrogen-bond donors (Lipinski definition) is 1. The van der Waals surface area contributed by atoms with Gasteiger partial charge in [0.05, 0.1) is 0 Å². The van der Waals surface area contributed by atoms with Crippen molar-refractivity contribution in [3.05, 3.63) is 35.9 Å². The molecule has 17 heavy (non-hydrogen) atoms. The predicted molar refractivity (Wildman–Crippen MR) is 54.0 cm³/mol. The number of carbonyl (C=O) groups excluding carboxylic acids is 1. The van der Waals surface area contributed by atoms with Crippen molar-refractivity contribution in [1.29, 1.82) is 0 Å². The molecule has 0 radical (unpaired) electrons. The van der Waals surface area contributed by atoms with Crippen LogP contribution in [0.15, 0.2) is 30.3 Å². The fourth-order valence-electron chi connectivity index (χ4n) is 1.04. The first-order valence-electron chi connectivity index (χ1n) is 4.31. The van der Waals surface area contributed by atoms with Crippen LogP contribution in [0, 0.1) is 0 Å². The monoisotopic (exact) mass is 269 g/mol. The second kappa shape index (κ2) is 6.97. The maximum Gasteiger partial charge on any atom is 1.00 e. The van der Waals surface area contributed by atoms with Gasteiger partial charge in [0, 0.05) is 0 Å². The molecule has 0 spiro atoms. The fraction of sp³-hybridized carbons (Fsp3) is 0.222. The van der Waals surface area contributed by atoms with Crippen LogP contribution < -0.4 is 29.6 Å². The Morgan fingerprint density at radius 1 is 1.29 bits per heavy atom. The quantitative estimate of drug-likeness (QED) is 0.417. The summed E-state index contributed by atoms with van der Waals surface area (Å²) >= 11 is 0. The molecule has 1 N–H and O–H groups in total. The third kappa shape index (κ3) is 6.64. The van der Waals surface area contributed by atoms with Crippen molar-refractivity contribution in [2.24, 2.45) is 0 Å². The molecule has 1 atom stereocenters. The second-order valence-electron chi connectivity index (χ2n) is 2.93. The SMILES string of the molecule is CC(OC(=O)OS(=O)(=O)O)c1ccccc1.[Na+]. The Balaban J connectivity index is 0.00000256. The van der Waals surface area contributed by atoms with Crippen molar-refractivity contribution in [3.8, 4) is 0 Å². The van der Waals surface area contributed by atoms with E-state index < -0.39 is 22.7 Å². The first-order chi connectivity index (χ1) is 7.38. The van der Waals surface area contributed by atoms with E-state index in [2.05, 4.69) is 8.92 Å². The van der Waals surface area contributed by atoms with Gasteiger partial charge >= 0.3 is 46.1 Å². The van der Waals surface area contributed by atoms with E-state index in [0.717, 1.165) is 0 Å².